The lowest BCUT2D eigenvalue weighted by atomic mass is 10.1. The van der Waals surface area contributed by atoms with E-state index >= 15 is 0 Å². The summed E-state index contributed by atoms with van der Waals surface area (Å²) in [5, 5.41) is 2.97. The molecule has 0 fully saturated rings. The fourth-order valence-corrected chi connectivity index (χ4v) is 3.25. The standard InChI is InChI=1S/C18H19NO5S/c1-3-24-18(22)14-10-13(9-12-7-5-4-6-8-12)25-17(14)19-15(20)11-16(21)23-2/h4-8,10H,3,9,11H2,1-2H3,(H,19,20). The van der Waals surface area contributed by atoms with Crippen LogP contribution in [0.15, 0.2) is 36.4 Å². The number of methoxy groups -OCH3 is 1. The predicted octanol–water partition coefficient (Wildman–Crippen LogP) is 3.02. The molecule has 1 amide bonds. The molecule has 0 radical (unpaired) electrons. The highest BCUT2D eigenvalue weighted by molar-refractivity contribution is 7.16. The lowest BCUT2D eigenvalue weighted by Gasteiger charge is -2.05. The van der Waals surface area contributed by atoms with E-state index in [1.54, 1.807) is 13.0 Å². The third-order valence-corrected chi connectivity index (χ3v) is 4.34. The van der Waals surface area contributed by atoms with Crippen molar-refractivity contribution in [1.29, 1.82) is 0 Å². The van der Waals surface area contributed by atoms with Crippen molar-refractivity contribution in [3.63, 3.8) is 0 Å². The number of benzene rings is 1. The van der Waals surface area contributed by atoms with Crippen LogP contribution in [0.1, 0.15) is 34.1 Å². The van der Waals surface area contributed by atoms with Gasteiger partial charge in [-0.15, -0.1) is 11.3 Å². The number of ether oxygens (including phenoxy) is 2. The average Bonchev–Trinajstić information content (AvgIpc) is 2.98. The van der Waals surface area contributed by atoms with Gasteiger partial charge in [0.05, 0.1) is 19.3 Å². The normalized spacial score (nSPS) is 10.2. The summed E-state index contributed by atoms with van der Waals surface area (Å²) in [5.41, 5.74) is 1.38. The van der Waals surface area contributed by atoms with Gasteiger partial charge >= 0.3 is 11.9 Å². The van der Waals surface area contributed by atoms with Gasteiger partial charge in [0.2, 0.25) is 5.91 Å². The van der Waals surface area contributed by atoms with Crippen LogP contribution in [0, 0.1) is 0 Å². The monoisotopic (exact) mass is 361 g/mol. The Balaban J connectivity index is 2.21. The molecular weight excluding hydrogens is 342 g/mol. The second-order valence-electron chi connectivity index (χ2n) is 5.14. The average molecular weight is 361 g/mol. The van der Waals surface area contributed by atoms with Gasteiger partial charge in [-0.2, -0.15) is 0 Å². The van der Waals surface area contributed by atoms with E-state index in [1.807, 2.05) is 30.3 Å². The van der Waals surface area contributed by atoms with Gasteiger partial charge in [-0.3, -0.25) is 9.59 Å². The van der Waals surface area contributed by atoms with Crippen LogP contribution in [0.5, 0.6) is 0 Å². The zero-order valence-electron chi connectivity index (χ0n) is 14.0. The van der Waals surface area contributed by atoms with Crippen LogP contribution < -0.4 is 5.32 Å². The Bertz CT molecular complexity index is 754. The first-order valence-corrected chi connectivity index (χ1v) is 8.55. The molecule has 0 spiro atoms. The van der Waals surface area contributed by atoms with Gasteiger partial charge in [0, 0.05) is 11.3 Å². The zero-order valence-corrected chi connectivity index (χ0v) is 14.9. The third-order valence-electron chi connectivity index (χ3n) is 3.29. The van der Waals surface area contributed by atoms with E-state index in [2.05, 4.69) is 10.1 Å². The maximum atomic E-state index is 12.1. The van der Waals surface area contributed by atoms with Crippen LogP contribution in [-0.2, 0) is 25.5 Å². The van der Waals surface area contributed by atoms with Crippen LogP contribution in [0.3, 0.4) is 0 Å². The fraction of sp³-hybridized carbons (Fsp3) is 0.278. The number of thiophene rings is 1. The molecule has 1 N–H and O–H groups in total. The highest BCUT2D eigenvalue weighted by atomic mass is 32.1. The van der Waals surface area contributed by atoms with Crippen molar-refractivity contribution in [2.24, 2.45) is 0 Å². The van der Waals surface area contributed by atoms with Crippen LogP contribution >= 0.6 is 11.3 Å². The molecule has 0 saturated heterocycles. The second-order valence-corrected chi connectivity index (χ2v) is 6.28. The second kappa shape index (κ2) is 8.98. The molecule has 0 aliphatic carbocycles. The Morgan fingerprint density at radius 1 is 1.16 bits per heavy atom. The lowest BCUT2D eigenvalue weighted by molar-refractivity contribution is -0.142. The van der Waals surface area contributed by atoms with Crippen molar-refractivity contribution < 1.29 is 23.9 Å². The maximum absolute atomic E-state index is 12.1. The number of hydrogen-bond acceptors (Lipinski definition) is 6. The smallest absolute Gasteiger partial charge is 0.341 e. The summed E-state index contributed by atoms with van der Waals surface area (Å²) in [7, 11) is 1.21. The molecule has 1 aromatic carbocycles. The van der Waals surface area contributed by atoms with Gasteiger partial charge in [-0.1, -0.05) is 30.3 Å². The van der Waals surface area contributed by atoms with Gasteiger partial charge in [0.1, 0.15) is 11.4 Å². The van der Waals surface area contributed by atoms with Crippen molar-refractivity contribution in [3.05, 3.63) is 52.4 Å². The molecule has 0 atom stereocenters. The SMILES string of the molecule is CCOC(=O)c1cc(Cc2ccccc2)sc1NC(=O)CC(=O)OC. The molecule has 2 rings (SSSR count). The van der Waals surface area contributed by atoms with Gasteiger partial charge < -0.3 is 14.8 Å². The van der Waals surface area contributed by atoms with E-state index in [0.717, 1.165) is 10.4 Å². The lowest BCUT2D eigenvalue weighted by Crippen LogP contribution is -2.18. The summed E-state index contributed by atoms with van der Waals surface area (Å²) in [6, 6.07) is 11.5. The molecule has 1 aromatic heterocycles. The highest BCUT2D eigenvalue weighted by Gasteiger charge is 2.20. The van der Waals surface area contributed by atoms with Crippen molar-refractivity contribution >= 4 is 34.2 Å². The Morgan fingerprint density at radius 2 is 1.88 bits per heavy atom. The number of nitrogens with one attached hydrogen (secondary N) is 1. The van der Waals surface area contributed by atoms with E-state index in [4.69, 9.17) is 4.74 Å². The number of carbonyl (C=O) groups is 3. The molecular formula is C18H19NO5S. The first-order valence-electron chi connectivity index (χ1n) is 7.74. The highest BCUT2D eigenvalue weighted by Crippen LogP contribution is 2.30. The largest absolute Gasteiger partial charge is 0.469 e. The fourth-order valence-electron chi connectivity index (χ4n) is 2.15. The Morgan fingerprint density at radius 3 is 2.52 bits per heavy atom. The van der Waals surface area contributed by atoms with Gasteiger partial charge in [0.25, 0.3) is 0 Å². The molecule has 1 heterocycles. The summed E-state index contributed by atoms with van der Waals surface area (Å²) in [6.45, 7) is 1.95. The first-order chi connectivity index (χ1) is 12.0. The van der Waals surface area contributed by atoms with Gasteiger partial charge in [-0.05, 0) is 18.6 Å². The van der Waals surface area contributed by atoms with Crippen LogP contribution in [0.25, 0.3) is 0 Å². The van der Waals surface area contributed by atoms with E-state index in [0.29, 0.717) is 11.4 Å². The van der Waals surface area contributed by atoms with E-state index in [1.165, 1.54) is 18.4 Å². The molecule has 132 valence electrons. The van der Waals surface area contributed by atoms with E-state index in [9.17, 15) is 14.4 Å². The van der Waals surface area contributed by atoms with E-state index < -0.39 is 24.3 Å². The summed E-state index contributed by atoms with van der Waals surface area (Å²) >= 11 is 1.29. The quantitative estimate of drug-likeness (QED) is 0.605. The molecule has 0 saturated carbocycles. The maximum Gasteiger partial charge on any atom is 0.341 e. The van der Waals surface area contributed by atoms with Crippen molar-refractivity contribution in [2.45, 2.75) is 19.8 Å². The molecule has 6 nitrogen and oxygen atoms in total. The minimum absolute atomic E-state index is 0.234. The summed E-state index contributed by atoms with van der Waals surface area (Å²) in [5.74, 6) is -1.69. The Kier molecular flexibility index (Phi) is 6.71. The summed E-state index contributed by atoms with van der Waals surface area (Å²) < 4.78 is 9.51. The van der Waals surface area contributed by atoms with Crippen molar-refractivity contribution in [3.8, 4) is 0 Å². The topological polar surface area (TPSA) is 81.7 Å². The number of hydrogen-bond donors (Lipinski definition) is 1. The van der Waals surface area contributed by atoms with Gasteiger partial charge in [0.15, 0.2) is 0 Å². The summed E-state index contributed by atoms with van der Waals surface area (Å²) in [6.07, 6.45) is 0.218. The van der Waals surface area contributed by atoms with Crippen LogP contribution in [0.4, 0.5) is 5.00 Å². The van der Waals surface area contributed by atoms with Crippen molar-refractivity contribution in [1.82, 2.24) is 0 Å². The molecule has 0 bridgehead atoms. The number of amides is 1. The van der Waals surface area contributed by atoms with Gasteiger partial charge in [-0.25, -0.2) is 4.79 Å². The Labute approximate surface area is 149 Å². The third kappa shape index (κ3) is 5.42. The minimum atomic E-state index is -0.642. The molecule has 2 aromatic rings. The minimum Gasteiger partial charge on any atom is -0.469 e. The molecule has 25 heavy (non-hydrogen) atoms. The number of anilines is 1. The van der Waals surface area contributed by atoms with Crippen molar-refractivity contribution in [2.75, 3.05) is 19.0 Å². The van der Waals surface area contributed by atoms with Crippen LogP contribution in [-0.4, -0.2) is 31.6 Å². The predicted molar refractivity (Wildman–Crippen MR) is 94.8 cm³/mol. The molecule has 0 aliphatic heterocycles. The van der Waals surface area contributed by atoms with E-state index in [-0.39, 0.29) is 12.2 Å². The molecule has 0 unspecified atom stereocenters. The first kappa shape index (κ1) is 18.7. The number of carbonyl (C=O) groups excluding carboxylic acids is 3. The molecule has 7 heteroatoms. The van der Waals surface area contributed by atoms with Crippen LogP contribution in [0.2, 0.25) is 0 Å². The molecule has 0 aliphatic rings. The zero-order chi connectivity index (χ0) is 18.2. The Hall–Kier alpha value is -2.67. The number of rotatable bonds is 7. The summed E-state index contributed by atoms with van der Waals surface area (Å²) in [4.78, 5) is 36.2. The number of esters is 2.